The molecule has 0 spiro atoms. The molecular weight excluding hydrogens is 841 g/mol. The topological polar surface area (TPSA) is 53.5 Å². The minimum Gasteiger partial charge on any atom is -0.309 e. The Morgan fingerprint density at radius 3 is 1.14 bits per heavy atom. The molecule has 10 aromatic carbocycles. The van der Waals surface area contributed by atoms with Crippen LogP contribution in [0, 0.1) is 0 Å². The number of benzene rings is 10. The highest BCUT2D eigenvalue weighted by molar-refractivity contribution is 6.27. The second kappa shape index (κ2) is 15.6. The van der Waals surface area contributed by atoms with Gasteiger partial charge in [-0.2, -0.15) is 0 Å². The van der Waals surface area contributed by atoms with Gasteiger partial charge in [0.25, 0.3) is 0 Å². The fourth-order valence-electron chi connectivity index (χ4n) is 10.6. The van der Waals surface area contributed by atoms with Gasteiger partial charge in [0.05, 0.1) is 38.8 Å². The Morgan fingerprint density at radius 1 is 0.246 bits per heavy atom. The maximum Gasteiger partial charge on any atom is 0.164 e. The van der Waals surface area contributed by atoms with Gasteiger partial charge in [0.1, 0.15) is 0 Å². The van der Waals surface area contributed by atoms with Crippen LogP contribution in [0.3, 0.4) is 0 Å². The third-order valence-corrected chi connectivity index (χ3v) is 13.7. The summed E-state index contributed by atoms with van der Waals surface area (Å²) >= 11 is 0. The van der Waals surface area contributed by atoms with Crippen LogP contribution in [0.1, 0.15) is 0 Å². The number of rotatable bonds is 7. The van der Waals surface area contributed by atoms with Crippen molar-refractivity contribution in [2.24, 2.45) is 0 Å². The standard InChI is InChI=1S/C63H40N6/c1-4-18-41(19-5-1)42-32-34-44(35-33-42)62-64-61(43-20-6-2-7-21-43)65-63(66-62)45-36-38-47(39-37-45)67-53-28-14-12-26-50(53)52-40-57(69-54-29-15-10-24-48(54)49-25-11-16-30-55(49)69)58-51-27-13-17-31-56(51)68(60(58)59(52)67)46-22-8-3-9-23-46/h1-40H. The zero-order valence-electron chi connectivity index (χ0n) is 37.3. The average Bonchev–Trinajstić information content (AvgIpc) is 4.08. The Kier molecular flexibility index (Phi) is 8.79. The summed E-state index contributed by atoms with van der Waals surface area (Å²) in [4.78, 5) is 15.3. The number of aromatic nitrogens is 6. The summed E-state index contributed by atoms with van der Waals surface area (Å²) in [6, 6.07) is 86.3. The third-order valence-electron chi connectivity index (χ3n) is 13.7. The van der Waals surface area contributed by atoms with E-state index in [9.17, 15) is 0 Å². The minimum absolute atomic E-state index is 0.613. The number of hydrogen-bond donors (Lipinski definition) is 0. The zero-order valence-corrected chi connectivity index (χ0v) is 37.3. The molecule has 0 fully saturated rings. The van der Waals surface area contributed by atoms with Gasteiger partial charge in [0, 0.05) is 60.4 Å². The molecule has 0 bridgehead atoms. The van der Waals surface area contributed by atoms with Gasteiger partial charge in [0.2, 0.25) is 0 Å². The van der Waals surface area contributed by atoms with Crippen LogP contribution in [0.5, 0.6) is 0 Å². The molecule has 0 amide bonds. The van der Waals surface area contributed by atoms with Gasteiger partial charge in [0.15, 0.2) is 17.5 Å². The summed E-state index contributed by atoms with van der Waals surface area (Å²) in [5.74, 6) is 1.87. The van der Waals surface area contributed by atoms with Crippen molar-refractivity contribution < 1.29 is 0 Å². The quantitative estimate of drug-likeness (QED) is 0.160. The first-order valence-electron chi connectivity index (χ1n) is 23.4. The summed E-state index contributed by atoms with van der Waals surface area (Å²) in [6.07, 6.45) is 0. The third kappa shape index (κ3) is 6.16. The van der Waals surface area contributed by atoms with E-state index in [0.717, 1.165) is 61.4 Å². The van der Waals surface area contributed by atoms with Crippen LogP contribution in [0.4, 0.5) is 0 Å². The van der Waals surface area contributed by atoms with Crippen molar-refractivity contribution in [3.8, 4) is 62.4 Å². The molecule has 4 heterocycles. The van der Waals surface area contributed by atoms with E-state index in [0.29, 0.717) is 17.5 Å². The molecule has 0 atom stereocenters. The molecule has 0 aliphatic carbocycles. The first-order chi connectivity index (χ1) is 34.2. The van der Waals surface area contributed by atoms with E-state index in [1.165, 1.54) is 48.9 Å². The van der Waals surface area contributed by atoms with Gasteiger partial charge in [-0.15, -0.1) is 0 Å². The van der Waals surface area contributed by atoms with Gasteiger partial charge in [-0.3, -0.25) is 0 Å². The molecule has 14 aromatic rings. The highest BCUT2D eigenvalue weighted by atomic mass is 15.1. The summed E-state index contributed by atoms with van der Waals surface area (Å²) in [5, 5.41) is 7.20. The Bertz CT molecular complexity index is 4210. The Hall–Kier alpha value is -9.39. The molecule has 0 saturated heterocycles. The lowest BCUT2D eigenvalue weighted by Gasteiger charge is -2.16. The predicted molar refractivity (Wildman–Crippen MR) is 285 cm³/mol. The van der Waals surface area contributed by atoms with E-state index in [1.807, 2.05) is 24.3 Å². The van der Waals surface area contributed by atoms with Crippen LogP contribution in [0.15, 0.2) is 243 Å². The monoisotopic (exact) mass is 880 g/mol. The smallest absolute Gasteiger partial charge is 0.164 e. The molecule has 0 radical (unpaired) electrons. The van der Waals surface area contributed by atoms with E-state index in [2.05, 4.69) is 232 Å². The van der Waals surface area contributed by atoms with Gasteiger partial charge >= 0.3 is 0 Å². The van der Waals surface area contributed by atoms with E-state index in [4.69, 9.17) is 15.0 Å². The first kappa shape index (κ1) is 38.8. The summed E-state index contributed by atoms with van der Waals surface area (Å²) < 4.78 is 7.41. The number of para-hydroxylation sites is 5. The SMILES string of the molecule is c1ccc(-c2ccc(-c3nc(-c4ccccc4)nc(-c4ccc(-n5c6ccccc6c6cc(-n7c8ccccc8c8ccccc87)c7c8ccccc8n(-c8ccccc8)c7c65)cc4)n3)cc2)cc1. The molecule has 0 saturated carbocycles. The lowest BCUT2D eigenvalue weighted by Crippen LogP contribution is -2.02. The van der Waals surface area contributed by atoms with Gasteiger partial charge in [-0.05, 0) is 77.9 Å². The second-order valence-corrected chi connectivity index (χ2v) is 17.6. The van der Waals surface area contributed by atoms with E-state index < -0.39 is 0 Å². The molecule has 69 heavy (non-hydrogen) atoms. The van der Waals surface area contributed by atoms with Crippen molar-refractivity contribution in [2.45, 2.75) is 0 Å². The fourth-order valence-corrected chi connectivity index (χ4v) is 10.6. The fraction of sp³-hybridized carbons (Fsp3) is 0. The average molecular weight is 881 g/mol. The maximum absolute atomic E-state index is 5.15. The first-order valence-corrected chi connectivity index (χ1v) is 23.4. The maximum atomic E-state index is 5.15. The van der Waals surface area contributed by atoms with E-state index in [-0.39, 0.29) is 0 Å². The van der Waals surface area contributed by atoms with Crippen molar-refractivity contribution in [1.82, 2.24) is 28.7 Å². The molecule has 322 valence electrons. The van der Waals surface area contributed by atoms with Crippen molar-refractivity contribution in [3.05, 3.63) is 243 Å². The summed E-state index contributed by atoms with van der Waals surface area (Å²) in [6.45, 7) is 0. The van der Waals surface area contributed by atoms with Crippen LogP contribution in [0.25, 0.3) is 128 Å². The molecule has 6 heteroatoms. The summed E-state index contributed by atoms with van der Waals surface area (Å²) in [5.41, 5.74) is 15.3. The minimum atomic E-state index is 0.613. The highest BCUT2D eigenvalue weighted by Gasteiger charge is 2.26. The van der Waals surface area contributed by atoms with Crippen LogP contribution in [-0.4, -0.2) is 28.7 Å². The molecular formula is C63H40N6. The molecule has 14 rings (SSSR count). The van der Waals surface area contributed by atoms with Crippen LogP contribution in [0.2, 0.25) is 0 Å². The van der Waals surface area contributed by atoms with Crippen molar-refractivity contribution >= 4 is 65.4 Å². The summed E-state index contributed by atoms with van der Waals surface area (Å²) in [7, 11) is 0. The number of fused-ring (bicyclic) bond motifs is 10. The Balaban J connectivity index is 1.01. The molecule has 4 aromatic heterocycles. The van der Waals surface area contributed by atoms with Crippen molar-refractivity contribution in [3.63, 3.8) is 0 Å². The van der Waals surface area contributed by atoms with Crippen molar-refractivity contribution in [2.75, 3.05) is 0 Å². The molecule has 0 unspecified atom stereocenters. The van der Waals surface area contributed by atoms with Gasteiger partial charge in [-0.1, -0.05) is 176 Å². The van der Waals surface area contributed by atoms with Gasteiger partial charge in [-0.25, -0.2) is 15.0 Å². The molecule has 0 aliphatic heterocycles. The lowest BCUT2D eigenvalue weighted by atomic mass is 10.0. The van der Waals surface area contributed by atoms with Crippen LogP contribution in [-0.2, 0) is 0 Å². The predicted octanol–water partition coefficient (Wildman–Crippen LogP) is 15.8. The normalized spacial score (nSPS) is 11.8. The molecule has 0 N–H and O–H groups in total. The van der Waals surface area contributed by atoms with Crippen LogP contribution >= 0.6 is 0 Å². The lowest BCUT2D eigenvalue weighted by molar-refractivity contribution is 1.07. The number of nitrogens with zero attached hydrogens (tertiary/aromatic N) is 6. The van der Waals surface area contributed by atoms with Crippen LogP contribution < -0.4 is 0 Å². The Morgan fingerprint density at radius 2 is 0.594 bits per heavy atom. The second-order valence-electron chi connectivity index (χ2n) is 17.6. The highest BCUT2D eigenvalue weighted by Crippen LogP contribution is 2.46. The molecule has 0 aliphatic rings. The molecule has 6 nitrogen and oxygen atoms in total. The van der Waals surface area contributed by atoms with Gasteiger partial charge < -0.3 is 13.7 Å². The van der Waals surface area contributed by atoms with E-state index in [1.54, 1.807) is 0 Å². The van der Waals surface area contributed by atoms with Crippen molar-refractivity contribution in [1.29, 1.82) is 0 Å². The number of hydrogen-bond acceptors (Lipinski definition) is 3. The zero-order chi connectivity index (χ0) is 45.4. The van der Waals surface area contributed by atoms with E-state index >= 15 is 0 Å². The largest absolute Gasteiger partial charge is 0.309 e. The Labute approximate surface area is 397 Å².